The van der Waals surface area contributed by atoms with E-state index in [0.29, 0.717) is 5.69 Å². The topological polar surface area (TPSA) is 63.4 Å². The highest BCUT2D eigenvalue weighted by molar-refractivity contribution is 9.10. The van der Waals surface area contributed by atoms with Gasteiger partial charge >= 0.3 is 0 Å². The van der Waals surface area contributed by atoms with Gasteiger partial charge in [0.1, 0.15) is 4.90 Å². The molecule has 2 atom stereocenters. The third-order valence-electron chi connectivity index (χ3n) is 3.71. The minimum atomic E-state index is -3.51. The molecule has 106 valence electrons. The van der Waals surface area contributed by atoms with Crippen LogP contribution in [0.25, 0.3) is 0 Å². The van der Waals surface area contributed by atoms with Crippen molar-refractivity contribution in [3.05, 3.63) is 22.7 Å². The summed E-state index contributed by atoms with van der Waals surface area (Å²) in [6.45, 7) is 3.98. The summed E-state index contributed by atoms with van der Waals surface area (Å²) in [5, 5.41) is 0. The van der Waals surface area contributed by atoms with Crippen LogP contribution in [0.5, 0.6) is 0 Å². The highest BCUT2D eigenvalue weighted by Crippen LogP contribution is 2.34. The van der Waals surface area contributed by atoms with Crippen molar-refractivity contribution in [1.29, 1.82) is 0 Å². The minimum Gasteiger partial charge on any atom is -0.398 e. The van der Waals surface area contributed by atoms with Gasteiger partial charge in [-0.25, -0.2) is 8.42 Å². The van der Waals surface area contributed by atoms with Crippen molar-refractivity contribution in [3.63, 3.8) is 0 Å². The van der Waals surface area contributed by atoms with Crippen LogP contribution in [-0.4, -0.2) is 24.8 Å². The van der Waals surface area contributed by atoms with Crippen molar-refractivity contribution in [3.8, 4) is 0 Å². The zero-order valence-electron chi connectivity index (χ0n) is 11.1. The van der Waals surface area contributed by atoms with Crippen LogP contribution in [0.3, 0.4) is 0 Å². The fourth-order valence-electron chi connectivity index (χ4n) is 2.73. The van der Waals surface area contributed by atoms with Crippen molar-refractivity contribution in [2.24, 2.45) is 0 Å². The molecular weight excluding hydrogens is 328 g/mol. The van der Waals surface area contributed by atoms with Crippen LogP contribution in [0.1, 0.15) is 33.1 Å². The smallest absolute Gasteiger partial charge is 0.245 e. The van der Waals surface area contributed by atoms with Gasteiger partial charge in [-0.15, -0.1) is 0 Å². The summed E-state index contributed by atoms with van der Waals surface area (Å²) >= 11 is 3.30. The minimum absolute atomic E-state index is 0.0398. The standard InChI is InChI=1S/C13H19BrN2O2S/c1-3-11-6-4-9(2)16(11)19(17,18)13-7-5-10(14)8-12(13)15/h5,7-9,11H,3-4,6,15H2,1-2H3. The number of hydrogen-bond acceptors (Lipinski definition) is 3. The van der Waals surface area contributed by atoms with Crippen LogP contribution < -0.4 is 5.73 Å². The van der Waals surface area contributed by atoms with Crippen LogP contribution in [-0.2, 0) is 10.0 Å². The normalized spacial score (nSPS) is 24.8. The first kappa shape index (κ1) is 14.8. The monoisotopic (exact) mass is 346 g/mol. The lowest BCUT2D eigenvalue weighted by Gasteiger charge is -2.27. The molecule has 19 heavy (non-hydrogen) atoms. The Labute approximate surface area is 123 Å². The molecule has 0 radical (unpaired) electrons. The Morgan fingerprint density at radius 1 is 1.42 bits per heavy atom. The predicted molar refractivity (Wildman–Crippen MR) is 80.4 cm³/mol. The number of rotatable bonds is 3. The summed E-state index contributed by atoms with van der Waals surface area (Å²) < 4.78 is 28.0. The van der Waals surface area contributed by atoms with E-state index in [2.05, 4.69) is 15.9 Å². The van der Waals surface area contributed by atoms with E-state index in [4.69, 9.17) is 5.73 Å². The lowest BCUT2D eigenvalue weighted by Crippen LogP contribution is -2.39. The van der Waals surface area contributed by atoms with E-state index in [9.17, 15) is 8.42 Å². The molecule has 2 unspecified atom stereocenters. The second-order valence-electron chi connectivity index (χ2n) is 5.01. The second-order valence-corrected chi connectivity index (χ2v) is 7.73. The molecule has 0 bridgehead atoms. The molecule has 2 rings (SSSR count). The summed E-state index contributed by atoms with van der Waals surface area (Å²) in [5.74, 6) is 0. The molecule has 2 N–H and O–H groups in total. The molecule has 0 aliphatic carbocycles. The molecule has 1 aliphatic heterocycles. The van der Waals surface area contributed by atoms with Gasteiger partial charge in [-0.1, -0.05) is 22.9 Å². The van der Waals surface area contributed by atoms with E-state index in [1.807, 2.05) is 13.8 Å². The average molecular weight is 347 g/mol. The molecule has 1 saturated heterocycles. The number of halogens is 1. The maximum absolute atomic E-state index is 12.8. The average Bonchev–Trinajstić information content (AvgIpc) is 2.70. The Hall–Kier alpha value is -0.590. The van der Waals surface area contributed by atoms with Crippen LogP contribution >= 0.6 is 15.9 Å². The lowest BCUT2D eigenvalue weighted by atomic mass is 10.2. The summed E-state index contributed by atoms with van der Waals surface area (Å²) in [7, 11) is -3.51. The highest BCUT2D eigenvalue weighted by Gasteiger charge is 2.39. The molecule has 1 aliphatic rings. The molecule has 1 aromatic carbocycles. The molecule has 0 amide bonds. The zero-order chi connectivity index (χ0) is 14.2. The summed E-state index contributed by atoms with van der Waals surface area (Å²) in [6.07, 6.45) is 2.67. The van der Waals surface area contributed by atoms with Crippen molar-refractivity contribution in [1.82, 2.24) is 4.31 Å². The third-order valence-corrected chi connectivity index (χ3v) is 6.34. The molecule has 0 saturated carbocycles. The van der Waals surface area contributed by atoms with Crippen LogP contribution in [0.4, 0.5) is 5.69 Å². The van der Waals surface area contributed by atoms with E-state index in [0.717, 1.165) is 23.7 Å². The number of nitrogens with two attached hydrogens (primary N) is 1. The first-order chi connectivity index (χ1) is 8.87. The van der Waals surface area contributed by atoms with Gasteiger partial charge in [-0.2, -0.15) is 4.31 Å². The molecule has 6 heteroatoms. The Balaban J connectivity index is 2.47. The van der Waals surface area contributed by atoms with E-state index in [1.165, 1.54) is 0 Å². The fourth-order valence-corrected chi connectivity index (χ4v) is 5.16. The van der Waals surface area contributed by atoms with Crippen molar-refractivity contribution in [2.75, 3.05) is 5.73 Å². The van der Waals surface area contributed by atoms with Crippen molar-refractivity contribution in [2.45, 2.75) is 50.1 Å². The summed E-state index contributed by atoms with van der Waals surface area (Å²) in [5.41, 5.74) is 6.17. The van der Waals surface area contributed by atoms with Crippen LogP contribution in [0.15, 0.2) is 27.6 Å². The highest BCUT2D eigenvalue weighted by atomic mass is 79.9. The maximum atomic E-state index is 12.8. The number of hydrogen-bond donors (Lipinski definition) is 1. The van der Waals surface area contributed by atoms with Crippen molar-refractivity contribution >= 4 is 31.6 Å². The fraction of sp³-hybridized carbons (Fsp3) is 0.538. The quantitative estimate of drug-likeness (QED) is 0.855. The number of anilines is 1. The number of benzene rings is 1. The Bertz CT molecular complexity index is 574. The molecule has 1 aromatic rings. The van der Waals surface area contributed by atoms with Gasteiger partial charge in [0.25, 0.3) is 0 Å². The van der Waals surface area contributed by atoms with Gasteiger partial charge in [0.2, 0.25) is 10.0 Å². The molecule has 1 heterocycles. The zero-order valence-corrected chi connectivity index (χ0v) is 13.5. The Morgan fingerprint density at radius 3 is 2.68 bits per heavy atom. The summed E-state index contributed by atoms with van der Waals surface area (Å²) in [6, 6.07) is 5.05. The predicted octanol–water partition coefficient (Wildman–Crippen LogP) is 2.98. The number of sulfonamides is 1. The molecule has 0 spiro atoms. The second kappa shape index (κ2) is 5.42. The number of nitrogen functional groups attached to an aromatic ring is 1. The van der Waals surface area contributed by atoms with Crippen LogP contribution in [0, 0.1) is 0 Å². The van der Waals surface area contributed by atoms with E-state index >= 15 is 0 Å². The molecule has 0 aromatic heterocycles. The lowest BCUT2D eigenvalue weighted by molar-refractivity contribution is 0.329. The van der Waals surface area contributed by atoms with Gasteiger partial charge in [-0.05, 0) is 44.4 Å². The Morgan fingerprint density at radius 2 is 2.11 bits per heavy atom. The van der Waals surface area contributed by atoms with Gasteiger partial charge in [-0.3, -0.25) is 0 Å². The molecule has 4 nitrogen and oxygen atoms in total. The van der Waals surface area contributed by atoms with Gasteiger partial charge < -0.3 is 5.73 Å². The van der Waals surface area contributed by atoms with E-state index < -0.39 is 10.0 Å². The first-order valence-electron chi connectivity index (χ1n) is 6.46. The largest absolute Gasteiger partial charge is 0.398 e. The molecular formula is C13H19BrN2O2S. The van der Waals surface area contributed by atoms with Gasteiger partial charge in [0.05, 0.1) is 5.69 Å². The van der Waals surface area contributed by atoms with Crippen LogP contribution in [0.2, 0.25) is 0 Å². The van der Waals surface area contributed by atoms with E-state index in [1.54, 1.807) is 22.5 Å². The first-order valence-corrected chi connectivity index (χ1v) is 8.69. The summed E-state index contributed by atoms with van der Waals surface area (Å²) in [4.78, 5) is 0.211. The molecule has 1 fully saturated rings. The van der Waals surface area contributed by atoms with Crippen molar-refractivity contribution < 1.29 is 8.42 Å². The van der Waals surface area contributed by atoms with Gasteiger partial charge in [0.15, 0.2) is 0 Å². The maximum Gasteiger partial charge on any atom is 0.245 e. The third kappa shape index (κ3) is 2.66. The Kier molecular flexibility index (Phi) is 4.23. The SMILES string of the molecule is CCC1CCC(C)N1S(=O)(=O)c1ccc(Br)cc1N. The van der Waals surface area contributed by atoms with E-state index in [-0.39, 0.29) is 17.0 Å². The van der Waals surface area contributed by atoms with Gasteiger partial charge in [0, 0.05) is 16.6 Å². The number of nitrogens with zero attached hydrogens (tertiary/aromatic N) is 1.